The van der Waals surface area contributed by atoms with E-state index in [4.69, 9.17) is 5.11 Å². The molecule has 1 aromatic rings. The lowest BCUT2D eigenvalue weighted by Gasteiger charge is -2.15. The number of carboxylic acids is 1. The molecule has 1 atom stereocenters. The first-order valence-corrected chi connectivity index (χ1v) is 6.07. The minimum absolute atomic E-state index is 0.0704. The molecule has 1 saturated heterocycles. The highest BCUT2D eigenvalue weighted by molar-refractivity contribution is 5.78. The summed E-state index contributed by atoms with van der Waals surface area (Å²) in [6, 6.07) is 0. The molecule has 0 radical (unpaired) electrons. The number of aromatic nitrogens is 2. The molecule has 1 aliphatic heterocycles. The average molecular weight is 282 g/mol. The van der Waals surface area contributed by atoms with Crippen molar-refractivity contribution in [1.29, 1.82) is 0 Å². The number of hydrogen-bond acceptors (Lipinski definition) is 5. The molecule has 1 aromatic heterocycles. The number of carbonyl (C=O) groups is 2. The fourth-order valence-corrected chi connectivity index (χ4v) is 2.17. The summed E-state index contributed by atoms with van der Waals surface area (Å²) in [4.78, 5) is 38.0. The van der Waals surface area contributed by atoms with Gasteiger partial charge in [0.05, 0.1) is 5.92 Å². The number of aliphatic carboxylic acids is 1. The fraction of sp³-hybridized carbons (Fsp3) is 0.545. The smallest absolute Gasteiger partial charge is 0.381 e. The summed E-state index contributed by atoms with van der Waals surface area (Å²) in [5.74, 6) is -1.63. The Kier molecular flexibility index (Phi) is 3.68. The second-order valence-electron chi connectivity index (χ2n) is 4.69. The van der Waals surface area contributed by atoms with Gasteiger partial charge in [0, 0.05) is 20.0 Å². The second-order valence-corrected chi connectivity index (χ2v) is 4.69. The molecule has 108 valence electrons. The van der Waals surface area contributed by atoms with E-state index in [-0.39, 0.29) is 24.8 Å². The van der Waals surface area contributed by atoms with E-state index in [1.165, 1.54) is 15.7 Å². The molecule has 9 heteroatoms. The van der Waals surface area contributed by atoms with E-state index < -0.39 is 16.8 Å². The Balaban J connectivity index is 2.02. The minimum atomic E-state index is -0.908. The van der Waals surface area contributed by atoms with Crippen molar-refractivity contribution in [2.75, 3.05) is 13.1 Å². The largest absolute Gasteiger partial charge is 0.481 e. The molecule has 1 unspecified atom stereocenters. The van der Waals surface area contributed by atoms with E-state index in [9.17, 15) is 19.7 Å². The average Bonchev–Trinajstić information content (AvgIpc) is 2.97. The van der Waals surface area contributed by atoms with Crippen molar-refractivity contribution in [3.63, 3.8) is 0 Å². The molecule has 0 bridgehead atoms. The van der Waals surface area contributed by atoms with Crippen LogP contribution in [0.3, 0.4) is 0 Å². The van der Waals surface area contributed by atoms with Gasteiger partial charge in [-0.3, -0.25) is 14.2 Å². The number of rotatable bonds is 4. The normalized spacial score (nSPS) is 18.2. The Hall–Kier alpha value is -2.45. The molecule has 1 N–H and O–H groups in total. The molecule has 1 aliphatic rings. The fourth-order valence-electron chi connectivity index (χ4n) is 2.17. The van der Waals surface area contributed by atoms with Gasteiger partial charge in [-0.15, -0.1) is 0 Å². The zero-order valence-electron chi connectivity index (χ0n) is 10.9. The molecule has 2 heterocycles. The van der Waals surface area contributed by atoms with E-state index >= 15 is 0 Å². The number of imidazole rings is 1. The minimum Gasteiger partial charge on any atom is -0.481 e. The summed E-state index contributed by atoms with van der Waals surface area (Å²) in [5.41, 5.74) is 0. The van der Waals surface area contributed by atoms with E-state index in [1.807, 2.05) is 0 Å². The Morgan fingerprint density at radius 3 is 2.80 bits per heavy atom. The summed E-state index contributed by atoms with van der Waals surface area (Å²) < 4.78 is 1.40. The Labute approximate surface area is 114 Å². The predicted molar refractivity (Wildman–Crippen MR) is 65.9 cm³/mol. The quantitative estimate of drug-likeness (QED) is 0.614. The molecule has 2 rings (SSSR count). The SMILES string of the molecule is Cc1nc([N+](=O)[O-])cn1CC(=O)N1CCC(C(=O)O)C1. The third-order valence-electron chi connectivity index (χ3n) is 3.35. The number of carbonyl (C=O) groups excluding carboxylic acids is 1. The van der Waals surface area contributed by atoms with Crippen LogP contribution in [0.5, 0.6) is 0 Å². The van der Waals surface area contributed by atoms with Crippen molar-refractivity contribution in [2.45, 2.75) is 19.9 Å². The highest BCUT2D eigenvalue weighted by Crippen LogP contribution is 2.17. The van der Waals surface area contributed by atoms with Crippen molar-refractivity contribution in [3.8, 4) is 0 Å². The molecule has 0 aromatic carbocycles. The number of aryl methyl sites for hydroxylation is 1. The third-order valence-corrected chi connectivity index (χ3v) is 3.35. The molecule has 1 amide bonds. The monoisotopic (exact) mass is 282 g/mol. The third kappa shape index (κ3) is 2.76. The first-order chi connectivity index (χ1) is 9.38. The van der Waals surface area contributed by atoms with Crippen molar-refractivity contribution < 1.29 is 19.6 Å². The lowest BCUT2D eigenvalue weighted by atomic mass is 10.1. The number of likely N-dealkylation sites (tertiary alicyclic amines) is 1. The van der Waals surface area contributed by atoms with Crippen molar-refractivity contribution in [2.24, 2.45) is 5.92 Å². The molecular formula is C11H14N4O5. The Bertz CT molecular complexity index is 567. The maximum absolute atomic E-state index is 12.0. The number of hydrogen-bond donors (Lipinski definition) is 1. The second kappa shape index (κ2) is 5.27. The molecule has 0 aliphatic carbocycles. The lowest BCUT2D eigenvalue weighted by molar-refractivity contribution is -0.389. The maximum atomic E-state index is 12.0. The number of carboxylic acid groups (broad SMARTS) is 1. The number of nitro groups is 1. The number of amides is 1. The van der Waals surface area contributed by atoms with Gasteiger partial charge in [0.2, 0.25) is 11.7 Å². The van der Waals surface area contributed by atoms with E-state index in [1.54, 1.807) is 6.92 Å². The van der Waals surface area contributed by atoms with Crippen molar-refractivity contribution in [1.82, 2.24) is 14.5 Å². The maximum Gasteiger partial charge on any atom is 0.381 e. The van der Waals surface area contributed by atoms with Crippen LogP contribution in [0.15, 0.2) is 6.20 Å². The van der Waals surface area contributed by atoms with Crippen molar-refractivity contribution in [3.05, 3.63) is 22.1 Å². The van der Waals surface area contributed by atoms with Crippen LogP contribution >= 0.6 is 0 Å². The zero-order valence-corrected chi connectivity index (χ0v) is 10.9. The summed E-state index contributed by atoms with van der Waals surface area (Å²) in [7, 11) is 0. The van der Waals surface area contributed by atoms with Gasteiger partial charge in [0.25, 0.3) is 0 Å². The van der Waals surface area contributed by atoms with Gasteiger partial charge >= 0.3 is 11.8 Å². The molecule has 20 heavy (non-hydrogen) atoms. The Morgan fingerprint density at radius 2 is 2.30 bits per heavy atom. The lowest BCUT2D eigenvalue weighted by Crippen LogP contribution is -2.32. The van der Waals surface area contributed by atoms with Gasteiger partial charge in [-0.25, -0.2) is 0 Å². The molecular weight excluding hydrogens is 268 g/mol. The molecule has 1 fully saturated rings. The summed E-state index contributed by atoms with van der Waals surface area (Å²) in [5, 5.41) is 19.5. The molecule has 0 spiro atoms. The topological polar surface area (TPSA) is 119 Å². The van der Waals surface area contributed by atoms with E-state index in [2.05, 4.69) is 4.98 Å². The van der Waals surface area contributed by atoms with Crippen LogP contribution in [0.2, 0.25) is 0 Å². The van der Waals surface area contributed by atoms with Crippen LogP contribution in [0.25, 0.3) is 0 Å². The summed E-state index contributed by atoms with van der Waals surface area (Å²) in [6.45, 7) is 2.08. The Morgan fingerprint density at radius 1 is 1.60 bits per heavy atom. The van der Waals surface area contributed by atoms with Crippen LogP contribution in [-0.4, -0.2) is 49.4 Å². The van der Waals surface area contributed by atoms with Gasteiger partial charge in [-0.1, -0.05) is 0 Å². The van der Waals surface area contributed by atoms with Crippen LogP contribution in [0.4, 0.5) is 5.82 Å². The van der Waals surface area contributed by atoms with Crippen LogP contribution in [0.1, 0.15) is 12.2 Å². The first-order valence-electron chi connectivity index (χ1n) is 6.07. The van der Waals surface area contributed by atoms with Gasteiger partial charge in [0.1, 0.15) is 12.7 Å². The molecule has 9 nitrogen and oxygen atoms in total. The summed E-state index contributed by atoms with van der Waals surface area (Å²) in [6.07, 6.45) is 1.64. The van der Waals surface area contributed by atoms with Crippen molar-refractivity contribution >= 4 is 17.7 Å². The summed E-state index contributed by atoms with van der Waals surface area (Å²) >= 11 is 0. The van der Waals surface area contributed by atoms with Gasteiger partial charge in [0.15, 0.2) is 0 Å². The number of nitrogens with zero attached hydrogens (tertiary/aromatic N) is 4. The van der Waals surface area contributed by atoms with E-state index in [0.717, 1.165) is 0 Å². The van der Waals surface area contributed by atoms with Gasteiger partial charge < -0.3 is 20.1 Å². The van der Waals surface area contributed by atoms with E-state index in [0.29, 0.717) is 18.8 Å². The standard InChI is InChI=1S/C11H14N4O5/c1-7-12-9(15(19)20)5-14(7)6-10(16)13-3-2-8(4-13)11(17)18/h5,8H,2-4,6H2,1H3,(H,17,18). The van der Waals surface area contributed by atoms with Gasteiger partial charge in [-0.05, 0) is 16.3 Å². The predicted octanol–water partition coefficient (Wildman–Crippen LogP) is 0.0328. The van der Waals surface area contributed by atoms with Crippen LogP contribution in [0, 0.1) is 23.0 Å². The highest BCUT2D eigenvalue weighted by atomic mass is 16.6. The van der Waals surface area contributed by atoms with Crippen LogP contribution < -0.4 is 0 Å². The zero-order chi connectivity index (χ0) is 14.9. The first kappa shape index (κ1) is 14.0. The highest BCUT2D eigenvalue weighted by Gasteiger charge is 2.31. The molecule has 0 saturated carbocycles. The van der Waals surface area contributed by atoms with Crippen LogP contribution in [-0.2, 0) is 16.1 Å². The van der Waals surface area contributed by atoms with Gasteiger partial charge in [-0.2, -0.15) is 0 Å².